The van der Waals surface area contributed by atoms with E-state index in [-0.39, 0.29) is 30.3 Å². The zero-order valence-electron chi connectivity index (χ0n) is 8.72. The van der Waals surface area contributed by atoms with Gasteiger partial charge in [-0.15, -0.1) is 12.4 Å². The largest absolute Gasteiger partial charge is 0.313 e. The molecule has 0 bridgehead atoms. The fourth-order valence-electron chi connectivity index (χ4n) is 3.14. The first-order chi connectivity index (χ1) is 6.71. The van der Waals surface area contributed by atoms with Gasteiger partial charge in [-0.2, -0.15) is 0 Å². The lowest BCUT2D eigenvalue weighted by atomic mass is 9.98. The van der Waals surface area contributed by atoms with Crippen molar-refractivity contribution in [2.45, 2.75) is 44.1 Å². The van der Waals surface area contributed by atoms with E-state index in [2.05, 4.69) is 5.32 Å². The highest BCUT2D eigenvalue weighted by Gasteiger charge is 2.73. The molecule has 2 aliphatic carbocycles. The Kier molecular flexibility index (Phi) is 2.97. The van der Waals surface area contributed by atoms with Gasteiger partial charge in [0.15, 0.2) is 0 Å². The fraction of sp³-hybridized carbons (Fsp3) is 1.00. The molecule has 1 heterocycles. The van der Waals surface area contributed by atoms with Crippen LogP contribution in [0.25, 0.3) is 0 Å². The van der Waals surface area contributed by atoms with Crippen molar-refractivity contribution in [2.24, 2.45) is 17.8 Å². The first-order valence-corrected chi connectivity index (χ1v) is 5.82. The molecule has 3 unspecified atom stereocenters. The number of hydrogen-bond acceptors (Lipinski definition) is 1. The van der Waals surface area contributed by atoms with Gasteiger partial charge in [-0.05, 0) is 38.1 Å². The van der Waals surface area contributed by atoms with Gasteiger partial charge in [0, 0.05) is 17.9 Å². The summed E-state index contributed by atoms with van der Waals surface area (Å²) in [6.07, 6.45) is 5.33. The average Bonchev–Trinajstić information content (AvgIpc) is 3.03. The summed E-state index contributed by atoms with van der Waals surface area (Å²) < 4.78 is 27.0. The van der Waals surface area contributed by atoms with E-state index in [1.54, 1.807) is 0 Å². The van der Waals surface area contributed by atoms with Gasteiger partial charge in [0.05, 0.1) is 0 Å². The Bertz CT molecular complexity index is 237. The van der Waals surface area contributed by atoms with E-state index in [1.165, 1.54) is 0 Å². The molecule has 4 heteroatoms. The smallest absolute Gasteiger partial charge is 0.256 e. The standard InChI is InChI=1S/C11H17F2N.ClH/c12-11(13)9(7-4-5-7)10(11)8-3-1-2-6-14-8;/h7-10,14H,1-6H2;1H. The molecular weight excluding hydrogens is 220 g/mol. The van der Waals surface area contributed by atoms with Gasteiger partial charge in [-0.1, -0.05) is 6.42 Å². The van der Waals surface area contributed by atoms with Crippen LogP contribution in [-0.2, 0) is 0 Å². The highest BCUT2D eigenvalue weighted by atomic mass is 35.5. The van der Waals surface area contributed by atoms with Crippen molar-refractivity contribution in [3.63, 3.8) is 0 Å². The van der Waals surface area contributed by atoms with Gasteiger partial charge in [0.25, 0.3) is 5.92 Å². The summed E-state index contributed by atoms with van der Waals surface area (Å²) in [7, 11) is 0. The Morgan fingerprint density at radius 3 is 2.27 bits per heavy atom. The van der Waals surface area contributed by atoms with Crippen LogP contribution in [-0.4, -0.2) is 18.5 Å². The quantitative estimate of drug-likeness (QED) is 0.779. The molecule has 0 aromatic carbocycles. The van der Waals surface area contributed by atoms with Gasteiger partial charge < -0.3 is 5.32 Å². The van der Waals surface area contributed by atoms with E-state index < -0.39 is 5.92 Å². The molecule has 1 nitrogen and oxygen atoms in total. The average molecular weight is 238 g/mol. The number of nitrogens with one attached hydrogen (secondary N) is 1. The summed E-state index contributed by atoms with van der Waals surface area (Å²) in [5, 5.41) is 3.27. The molecule has 3 aliphatic rings. The van der Waals surface area contributed by atoms with Crippen LogP contribution in [0.4, 0.5) is 8.78 Å². The monoisotopic (exact) mass is 237 g/mol. The lowest BCUT2D eigenvalue weighted by molar-refractivity contribution is 0.0725. The topological polar surface area (TPSA) is 12.0 Å². The summed E-state index contributed by atoms with van der Waals surface area (Å²) in [6.45, 7) is 0.939. The summed E-state index contributed by atoms with van der Waals surface area (Å²) >= 11 is 0. The van der Waals surface area contributed by atoms with Crippen LogP contribution < -0.4 is 5.32 Å². The molecule has 3 rings (SSSR count). The van der Waals surface area contributed by atoms with E-state index in [4.69, 9.17) is 0 Å². The molecule has 1 saturated heterocycles. The zero-order chi connectivity index (χ0) is 9.76. The van der Waals surface area contributed by atoms with Crippen molar-refractivity contribution in [3.8, 4) is 0 Å². The van der Waals surface area contributed by atoms with Gasteiger partial charge >= 0.3 is 0 Å². The summed E-state index contributed by atoms with van der Waals surface area (Å²) in [4.78, 5) is 0. The van der Waals surface area contributed by atoms with Crippen LogP contribution in [0, 0.1) is 17.8 Å². The molecule has 2 saturated carbocycles. The Balaban J connectivity index is 0.000000853. The molecule has 0 radical (unpaired) electrons. The van der Waals surface area contributed by atoms with Gasteiger partial charge in [0.1, 0.15) is 0 Å². The Morgan fingerprint density at radius 1 is 1.00 bits per heavy atom. The molecule has 3 atom stereocenters. The van der Waals surface area contributed by atoms with Crippen LogP contribution in [0.1, 0.15) is 32.1 Å². The Labute approximate surface area is 95.4 Å². The minimum Gasteiger partial charge on any atom is -0.313 e. The van der Waals surface area contributed by atoms with Crippen molar-refractivity contribution in [1.82, 2.24) is 5.32 Å². The highest BCUT2D eigenvalue weighted by Crippen LogP contribution is 2.66. The van der Waals surface area contributed by atoms with Crippen molar-refractivity contribution in [2.75, 3.05) is 6.54 Å². The third kappa shape index (κ3) is 1.89. The van der Waals surface area contributed by atoms with Gasteiger partial charge in [-0.3, -0.25) is 0 Å². The van der Waals surface area contributed by atoms with Crippen molar-refractivity contribution in [1.29, 1.82) is 0 Å². The third-order valence-corrected chi connectivity index (χ3v) is 4.08. The number of halogens is 3. The third-order valence-electron chi connectivity index (χ3n) is 4.08. The summed E-state index contributed by atoms with van der Waals surface area (Å²) in [5.74, 6) is -2.57. The predicted molar refractivity (Wildman–Crippen MR) is 57.5 cm³/mol. The predicted octanol–water partition coefficient (Wildman–Crippen LogP) is 2.84. The molecule has 88 valence electrons. The second-order valence-corrected chi connectivity index (χ2v) is 5.12. The molecule has 3 fully saturated rings. The molecule has 0 spiro atoms. The Hall–Kier alpha value is 0.110. The molecular formula is C11H18ClF2N. The van der Waals surface area contributed by atoms with Crippen LogP contribution in [0.3, 0.4) is 0 Å². The van der Waals surface area contributed by atoms with E-state index in [0.29, 0.717) is 5.92 Å². The highest BCUT2D eigenvalue weighted by molar-refractivity contribution is 5.85. The first-order valence-electron chi connectivity index (χ1n) is 5.82. The fourth-order valence-corrected chi connectivity index (χ4v) is 3.14. The molecule has 0 aromatic rings. The number of piperidine rings is 1. The lowest BCUT2D eigenvalue weighted by Gasteiger charge is -2.23. The second-order valence-electron chi connectivity index (χ2n) is 5.12. The number of rotatable bonds is 2. The zero-order valence-corrected chi connectivity index (χ0v) is 9.53. The molecule has 1 aliphatic heterocycles. The SMILES string of the molecule is Cl.FC1(F)C(C2CC2)C1C1CCCCN1. The van der Waals surface area contributed by atoms with E-state index in [9.17, 15) is 8.78 Å². The van der Waals surface area contributed by atoms with Crippen molar-refractivity contribution >= 4 is 12.4 Å². The molecule has 1 N–H and O–H groups in total. The number of hydrogen-bond donors (Lipinski definition) is 1. The normalized spacial score (nSPS) is 43.2. The maximum Gasteiger partial charge on any atom is 0.256 e. The van der Waals surface area contributed by atoms with Crippen molar-refractivity contribution in [3.05, 3.63) is 0 Å². The Morgan fingerprint density at radius 2 is 1.73 bits per heavy atom. The molecule has 0 amide bonds. The maximum absolute atomic E-state index is 13.5. The number of alkyl halides is 2. The van der Waals surface area contributed by atoms with Gasteiger partial charge in [-0.25, -0.2) is 8.78 Å². The second kappa shape index (κ2) is 3.85. The van der Waals surface area contributed by atoms with E-state index in [0.717, 1.165) is 38.6 Å². The van der Waals surface area contributed by atoms with Crippen LogP contribution in [0.15, 0.2) is 0 Å². The lowest BCUT2D eigenvalue weighted by Crippen LogP contribution is -2.37. The summed E-state index contributed by atoms with van der Waals surface area (Å²) in [6, 6.07) is 0.115. The van der Waals surface area contributed by atoms with Crippen LogP contribution >= 0.6 is 12.4 Å². The van der Waals surface area contributed by atoms with E-state index >= 15 is 0 Å². The molecule has 0 aromatic heterocycles. The van der Waals surface area contributed by atoms with E-state index in [1.807, 2.05) is 0 Å². The van der Waals surface area contributed by atoms with Gasteiger partial charge in [0.2, 0.25) is 0 Å². The van der Waals surface area contributed by atoms with Crippen LogP contribution in [0.5, 0.6) is 0 Å². The van der Waals surface area contributed by atoms with Crippen molar-refractivity contribution < 1.29 is 8.78 Å². The first kappa shape index (κ1) is 11.6. The minimum absolute atomic E-state index is 0. The maximum atomic E-state index is 13.5. The van der Waals surface area contributed by atoms with Crippen LogP contribution in [0.2, 0.25) is 0 Å². The molecule has 15 heavy (non-hydrogen) atoms. The summed E-state index contributed by atoms with van der Waals surface area (Å²) in [5.41, 5.74) is 0. The minimum atomic E-state index is -2.34.